The number of rotatable bonds is 2. The van der Waals surface area contributed by atoms with Crippen molar-refractivity contribution < 1.29 is 9.53 Å². The van der Waals surface area contributed by atoms with Gasteiger partial charge in [-0.2, -0.15) is 0 Å². The third-order valence-electron chi connectivity index (χ3n) is 0.957. The lowest BCUT2D eigenvalue weighted by Crippen LogP contribution is -2.27. The molecule has 1 rings (SSSR count). The second-order valence-corrected chi connectivity index (χ2v) is 2.15. The van der Waals surface area contributed by atoms with E-state index in [1.807, 2.05) is 0 Å². The number of carbonyl (C=O) groups excluding carboxylic acids is 1. The normalized spacial score (nSPS) is 29.4. The molecule has 8 heavy (non-hydrogen) atoms. The van der Waals surface area contributed by atoms with Gasteiger partial charge in [0.2, 0.25) is 5.91 Å². The first kappa shape index (κ1) is 5.85. The number of halogens is 1. The summed E-state index contributed by atoms with van der Waals surface area (Å²) in [6, 6.07) is 0. The van der Waals surface area contributed by atoms with Crippen LogP contribution in [0.1, 0.15) is 0 Å². The molecule has 2 atom stereocenters. The fraction of sp³-hybridized carbons (Fsp3) is 0.750. The molecule has 0 aromatic rings. The Kier molecular flexibility index (Phi) is 1.40. The van der Waals surface area contributed by atoms with E-state index >= 15 is 0 Å². The Bertz CT molecular complexity index is 113. The van der Waals surface area contributed by atoms with E-state index in [-0.39, 0.29) is 6.10 Å². The first-order valence-electron chi connectivity index (χ1n) is 2.27. The Morgan fingerprint density at radius 3 is 2.62 bits per heavy atom. The smallest absolute Gasteiger partial charge is 0.238 e. The zero-order valence-corrected chi connectivity index (χ0v) is 4.89. The van der Waals surface area contributed by atoms with E-state index in [0.717, 1.165) is 0 Å². The Balaban J connectivity index is 2.32. The first-order valence-corrected chi connectivity index (χ1v) is 2.70. The molecule has 1 heterocycles. The maximum Gasteiger partial charge on any atom is 0.238 e. The lowest BCUT2D eigenvalue weighted by molar-refractivity contribution is -0.117. The van der Waals surface area contributed by atoms with E-state index < -0.39 is 11.3 Å². The highest BCUT2D eigenvalue weighted by molar-refractivity contribution is 6.31. The summed E-state index contributed by atoms with van der Waals surface area (Å²) in [5.41, 5.74) is 4.83. The molecule has 0 saturated carbocycles. The molecule has 0 bridgehead atoms. The summed E-state index contributed by atoms with van der Waals surface area (Å²) in [5.74, 6) is -0.505. The molecule has 0 aromatic heterocycles. The van der Waals surface area contributed by atoms with Crippen LogP contribution in [0, 0.1) is 0 Å². The van der Waals surface area contributed by atoms with Gasteiger partial charge in [-0.1, -0.05) is 0 Å². The van der Waals surface area contributed by atoms with Gasteiger partial charge in [0.25, 0.3) is 0 Å². The number of hydrogen-bond donors (Lipinski definition) is 1. The van der Waals surface area contributed by atoms with Crippen LogP contribution in [0.3, 0.4) is 0 Å². The summed E-state index contributed by atoms with van der Waals surface area (Å²) in [7, 11) is 0. The van der Waals surface area contributed by atoms with Crippen LogP contribution >= 0.6 is 11.6 Å². The molecule has 46 valence electrons. The molecule has 1 amide bonds. The molecule has 0 spiro atoms. The van der Waals surface area contributed by atoms with Crippen molar-refractivity contribution in [3.05, 3.63) is 0 Å². The van der Waals surface area contributed by atoms with Gasteiger partial charge in [-0.3, -0.25) is 4.79 Å². The number of alkyl halides is 1. The van der Waals surface area contributed by atoms with Crippen molar-refractivity contribution in [2.45, 2.75) is 11.5 Å². The van der Waals surface area contributed by atoms with Crippen LogP contribution in [-0.2, 0) is 9.53 Å². The third kappa shape index (κ3) is 1.11. The summed E-state index contributed by atoms with van der Waals surface area (Å²) in [6.45, 7) is 0.567. The van der Waals surface area contributed by atoms with Gasteiger partial charge in [0.1, 0.15) is 11.5 Å². The Hall–Kier alpha value is -0.280. The second-order valence-electron chi connectivity index (χ2n) is 1.68. The van der Waals surface area contributed by atoms with Gasteiger partial charge < -0.3 is 10.5 Å². The fourth-order valence-corrected chi connectivity index (χ4v) is 0.553. The molecular weight excluding hydrogens is 130 g/mol. The highest BCUT2D eigenvalue weighted by atomic mass is 35.5. The third-order valence-corrected chi connectivity index (χ3v) is 1.45. The van der Waals surface area contributed by atoms with Crippen LogP contribution in [0.4, 0.5) is 0 Å². The van der Waals surface area contributed by atoms with Crippen molar-refractivity contribution in [2.24, 2.45) is 5.73 Å². The molecule has 4 heteroatoms. The number of carbonyl (C=O) groups is 1. The maximum atomic E-state index is 10.2. The number of nitrogens with two attached hydrogens (primary N) is 1. The Morgan fingerprint density at radius 2 is 2.50 bits per heavy atom. The van der Waals surface area contributed by atoms with Gasteiger partial charge in [-0.25, -0.2) is 0 Å². The van der Waals surface area contributed by atoms with Gasteiger partial charge in [0, 0.05) is 0 Å². The summed E-state index contributed by atoms with van der Waals surface area (Å²) in [4.78, 5) is 10.2. The topological polar surface area (TPSA) is 55.6 Å². The van der Waals surface area contributed by atoms with Crippen LogP contribution in [0.25, 0.3) is 0 Å². The van der Waals surface area contributed by atoms with E-state index in [1.165, 1.54) is 0 Å². The van der Waals surface area contributed by atoms with Gasteiger partial charge in [0.15, 0.2) is 0 Å². The van der Waals surface area contributed by atoms with Crippen LogP contribution < -0.4 is 5.73 Å². The quantitative estimate of drug-likeness (QED) is 0.409. The molecule has 0 radical (unpaired) electrons. The Labute approximate surface area is 51.7 Å². The van der Waals surface area contributed by atoms with Crippen molar-refractivity contribution in [1.29, 1.82) is 0 Å². The minimum absolute atomic E-state index is 0.117. The predicted octanol–water partition coefficient (Wildman–Crippen LogP) is -0.522. The van der Waals surface area contributed by atoms with Crippen LogP contribution in [0.15, 0.2) is 0 Å². The fourth-order valence-electron chi connectivity index (χ4n) is 0.408. The SMILES string of the molecule is NC(=O)[C@@H](Cl)[C@H]1CO1. The second kappa shape index (κ2) is 1.91. The van der Waals surface area contributed by atoms with E-state index in [0.29, 0.717) is 6.61 Å². The number of hydrogen-bond acceptors (Lipinski definition) is 2. The summed E-state index contributed by atoms with van der Waals surface area (Å²) in [5, 5.41) is -0.630. The Morgan fingerprint density at radius 1 is 2.00 bits per heavy atom. The van der Waals surface area contributed by atoms with Crippen LogP contribution in [0.5, 0.6) is 0 Å². The van der Waals surface area contributed by atoms with Crippen molar-refractivity contribution in [2.75, 3.05) is 6.61 Å². The van der Waals surface area contributed by atoms with Gasteiger partial charge in [0.05, 0.1) is 6.61 Å². The standard InChI is InChI=1S/C4H6ClNO2/c5-3(4(6)7)2-1-8-2/h2-3H,1H2,(H2,6,7)/t2-,3+/m1/s1. The molecule has 1 fully saturated rings. The largest absolute Gasteiger partial charge is 0.371 e. The van der Waals surface area contributed by atoms with Crippen molar-refractivity contribution in [3.63, 3.8) is 0 Å². The predicted molar refractivity (Wildman–Crippen MR) is 28.6 cm³/mol. The van der Waals surface area contributed by atoms with Crippen LogP contribution in [0.2, 0.25) is 0 Å². The minimum Gasteiger partial charge on any atom is -0.371 e. The molecule has 3 nitrogen and oxygen atoms in total. The molecule has 1 saturated heterocycles. The van der Waals surface area contributed by atoms with E-state index in [9.17, 15) is 4.79 Å². The zero-order chi connectivity index (χ0) is 6.15. The van der Waals surface area contributed by atoms with Gasteiger partial charge in [-0.05, 0) is 0 Å². The van der Waals surface area contributed by atoms with E-state index in [1.54, 1.807) is 0 Å². The van der Waals surface area contributed by atoms with Crippen molar-refractivity contribution >= 4 is 17.5 Å². The molecule has 2 N–H and O–H groups in total. The summed E-state index contributed by atoms with van der Waals surface area (Å²) < 4.78 is 4.70. The lowest BCUT2D eigenvalue weighted by atomic mass is 10.3. The van der Waals surface area contributed by atoms with Crippen molar-refractivity contribution in [1.82, 2.24) is 0 Å². The highest BCUT2D eigenvalue weighted by Crippen LogP contribution is 2.17. The maximum absolute atomic E-state index is 10.2. The van der Waals surface area contributed by atoms with E-state index in [4.69, 9.17) is 22.1 Å². The number of ether oxygens (including phenoxy) is 1. The highest BCUT2D eigenvalue weighted by Gasteiger charge is 2.34. The number of epoxide rings is 1. The number of amides is 1. The zero-order valence-electron chi connectivity index (χ0n) is 4.13. The van der Waals surface area contributed by atoms with Gasteiger partial charge >= 0.3 is 0 Å². The first-order chi connectivity index (χ1) is 3.72. The summed E-state index contributed by atoms with van der Waals surface area (Å²) >= 11 is 5.41. The average molecular weight is 136 g/mol. The molecular formula is C4H6ClNO2. The molecule has 1 aliphatic rings. The molecule has 1 aliphatic heterocycles. The van der Waals surface area contributed by atoms with Crippen molar-refractivity contribution in [3.8, 4) is 0 Å². The van der Waals surface area contributed by atoms with Crippen LogP contribution in [-0.4, -0.2) is 24.0 Å². The monoisotopic (exact) mass is 135 g/mol. The molecule has 0 aliphatic carbocycles. The minimum atomic E-state index is -0.630. The lowest BCUT2D eigenvalue weighted by Gasteiger charge is -1.95. The van der Waals surface area contributed by atoms with Gasteiger partial charge in [-0.15, -0.1) is 11.6 Å². The summed E-state index contributed by atoms with van der Waals surface area (Å²) in [6.07, 6.45) is -0.117. The average Bonchev–Trinajstić information content (AvgIpc) is 2.43. The molecule has 0 unspecified atom stereocenters. The number of primary amides is 1. The van der Waals surface area contributed by atoms with E-state index in [2.05, 4.69) is 0 Å². The molecule has 0 aromatic carbocycles.